The molecule has 0 saturated heterocycles. The lowest BCUT2D eigenvalue weighted by atomic mass is 10.2. The third-order valence-electron chi connectivity index (χ3n) is 4.73. The summed E-state index contributed by atoms with van der Waals surface area (Å²) in [4.78, 5) is 16.9. The monoisotopic (exact) mass is 455 g/mol. The molecule has 168 valence electrons. The molecule has 8 nitrogen and oxygen atoms in total. The van der Waals surface area contributed by atoms with Crippen molar-refractivity contribution < 1.29 is 22.7 Å². The molecule has 3 aromatic rings. The molecule has 1 amide bonds. The number of methoxy groups -OCH3 is 2. The van der Waals surface area contributed by atoms with Crippen LogP contribution in [0.4, 0.5) is 5.69 Å². The number of nitrogens with one attached hydrogen (secondary N) is 1. The first-order valence-electron chi connectivity index (χ1n) is 9.83. The van der Waals surface area contributed by atoms with Gasteiger partial charge in [0.1, 0.15) is 22.9 Å². The van der Waals surface area contributed by atoms with Gasteiger partial charge >= 0.3 is 0 Å². The average Bonchev–Trinajstić information content (AvgIpc) is 2.82. The molecule has 0 aliphatic rings. The molecule has 32 heavy (non-hydrogen) atoms. The van der Waals surface area contributed by atoms with Crippen molar-refractivity contribution in [1.29, 1.82) is 0 Å². The average molecular weight is 456 g/mol. The van der Waals surface area contributed by atoms with Gasteiger partial charge < -0.3 is 14.8 Å². The zero-order valence-electron chi connectivity index (χ0n) is 18.1. The zero-order valence-corrected chi connectivity index (χ0v) is 18.9. The van der Waals surface area contributed by atoms with Crippen LogP contribution in [0.5, 0.6) is 11.5 Å². The van der Waals surface area contributed by atoms with Crippen LogP contribution in [-0.2, 0) is 21.4 Å². The fourth-order valence-electron chi connectivity index (χ4n) is 3.05. The van der Waals surface area contributed by atoms with Gasteiger partial charge in [0.05, 0.1) is 32.1 Å². The van der Waals surface area contributed by atoms with Crippen LogP contribution in [0.15, 0.2) is 71.8 Å². The van der Waals surface area contributed by atoms with E-state index in [0.717, 1.165) is 9.87 Å². The van der Waals surface area contributed by atoms with Gasteiger partial charge in [0.2, 0.25) is 5.91 Å². The van der Waals surface area contributed by atoms with E-state index in [1.807, 2.05) is 6.07 Å². The number of pyridine rings is 1. The molecule has 0 aliphatic carbocycles. The lowest BCUT2D eigenvalue weighted by molar-refractivity contribution is -0.119. The minimum atomic E-state index is -4.13. The van der Waals surface area contributed by atoms with E-state index in [0.29, 0.717) is 17.1 Å². The van der Waals surface area contributed by atoms with Crippen LogP contribution in [0.3, 0.4) is 0 Å². The van der Waals surface area contributed by atoms with E-state index in [-0.39, 0.29) is 17.2 Å². The number of aryl methyl sites for hydroxylation is 1. The lowest BCUT2D eigenvalue weighted by Crippen LogP contribution is -2.40. The molecule has 0 spiro atoms. The Labute approximate surface area is 187 Å². The number of hydrogen-bond acceptors (Lipinski definition) is 6. The molecule has 9 heteroatoms. The molecule has 1 heterocycles. The highest BCUT2D eigenvalue weighted by Gasteiger charge is 2.30. The van der Waals surface area contributed by atoms with Gasteiger partial charge in [-0.05, 0) is 61.0 Å². The summed E-state index contributed by atoms with van der Waals surface area (Å²) in [6.07, 6.45) is 1.62. The van der Waals surface area contributed by atoms with Gasteiger partial charge in [0, 0.05) is 6.20 Å². The maximum absolute atomic E-state index is 13.7. The Morgan fingerprint density at radius 1 is 1.03 bits per heavy atom. The van der Waals surface area contributed by atoms with Gasteiger partial charge in [0.15, 0.2) is 0 Å². The maximum Gasteiger partial charge on any atom is 0.268 e. The fourth-order valence-corrected chi connectivity index (χ4v) is 4.71. The summed E-state index contributed by atoms with van der Waals surface area (Å²) in [6, 6.07) is 16.7. The van der Waals surface area contributed by atoms with Crippen molar-refractivity contribution in [2.24, 2.45) is 0 Å². The largest absolute Gasteiger partial charge is 0.497 e. The quantitative estimate of drug-likeness (QED) is 0.533. The normalized spacial score (nSPS) is 11.0. The topological polar surface area (TPSA) is 97.8 Å². The zero-order chi connectivity index (χ0) is 23.1. The number of ether oxygens (including phenoxy) is 2. The van der Waals surface area contributed by atoms with E-state index in [9.17, 15) is 13.2 Å². The number of carbonyl (C=O) groups excluding carboxylic acids is 1. The molecule has 0 unspecified atom stereocenters. The molecule has 0 saturated carbocycles. The molecule has 2 aromatic carbocycles. The number of amides is 1. The van der Waals surface area contributed by atoms with Crippen molar-refractivity contribution >= 4 is 21.6 Å². The minimum Gasteiger partial charge on any atom is -0.497 e. The smallest absolute Gasteiger partial charge is 0.268 e. The first-order chi connectivity index (χ1) is 15.3. The Hall–Kier alpha value is -3.59. The Balaban J connectivity index is 1.95. The molecule has 0 bridgehead atoms. The van der Waals surface area contributed by atoms with Crippen LogP contribution in [-0.4, -0.2) is 40.1 Å². The molecule has 1 aromatic heterocycles. The molecular weight excluding hydrogens is 430 g/mol. The Morgan fingerprint density at radius 3 is 2.41 bits per heavy atom. The number of benzene rings is 2. The van der Waals surface area contributed by atoms with E-state index in [2.05, 4.69) is 10.3 Å². The summed E-state index contributed by atoms with van der Waals surface area (Å²) < 4.78 is 38.8. The lowest BCUT2D eigenvalue weighted by Gasteiger charge is -2.25. The standard InChI is InChI=1S/C23H25N3O5S/c1-17-7-12-21(31-3)22(14-17)32(28,29)26(19-8-10-20(30-2)11-9-19)16-23(27)25-15-18-6-4-5-13-24-18/h4-14H,15-16H2,1-3H3,(H,25,27). The van der Waals surface area contributed by atoms with Crippen molar-refractivity contribution in [3.8, 4) is 11.5 Å². The summed E-state index contributed by atoms with van der Waals surface area (Å²) in [5.74, 6) is 0.295. The molecule has 0 atom stereocenters. The van der Waals surface area contributed by atoms with E-state index in [1.54, 1.807) is 61.7 Å². The van der Waals surface area contributed by atoms with Gasteiger partial charge in [0.25, 0.3) is 10.0 Å². The van der Waals surface area contributed by atoms with Crippen molar-refractivity contribution in [3.05, 3.63) is 78.1 Å². The second kappa shape index (κ2) is 10.1. The molecule has 0 fully saturated rings. The number of rotatable bonds is 9. The number of hydrogen-bond donors (Lipinski definition) is 1. The molecule has 0 aliphatic heterocycles. The molecule has 3 rings (SSSR count). The third kappa shape index (κ3) is 5.36. The SMILES string of the molecule is COc1ccc(N(CC(=O)NCc2ccccn2)S(=O)(=O)c2cc(C)ccc2OC)cc1. The van der Waals surface area contributed by atoms with Crippen molar-refractivity contribution in [1.82, 2.24) is 10.3 Å². The van der Waals surface area contributed by atoms with E-state index >= 15 is 0 Å². The van der Waals surface area contributed by atoms with Gasteiger partial charge in [-0.2, -0.15) is 0 Å². The first kappa shape index (κ1) is 23.1. The number of sulfonamides is 1. The first-order valence-corrected chi connectivity index (χ1v) is 11.3. The second-order valence-corrected chi connectivity index (χ2v) is 8.79. The predicted molar refractivity (Wildman–Crippen MR) is 121 cm³/mol. The summed E-state index contributed by atoms with van der Waals surface area (Å²) in [5.41, 5.74) is 1.74. The number of aromatic nitrogens is 1. The van der Waals surface area contributed by atoms with Gasteiger partial charge in [-0.15, -0.1) is 0 Å². The molecule has 1 N–H and O–H groups in total. The summed E-state index contributed by atoms with van der Waals surface area (Å²) in [7, 11) is -1.20. The van der Waals surface area contributed by atoms with E-state index in [4.69, 9.17) is 9.47 Å². The van der Waals surface area contributed by atoms with Crippen LogP contribution in [0.2, 0.25) is 0 Å². The maximum atomic E-state index is 13.7. The summed E-state index contributed by atoms with van der Waals surface area (Å²) in [5, 5.41) is 2.72. The number of anilines is 1. The van der Waals surface area contributed by atoms with Crippen LogP contribution in [0, 0.1) is 6.92 Å². The second-order valence-electron chi connectivity index (χ2n) is 6.96. The van der Waals surface area contributed by atoms with Crippen LogP contribution in [0.1, 0.15) is 11.3 Å². The van der Waals surface area contributed by atoms with Crippen molar-refractivity contribution in [3.63, 3.8) is 0 Å². The van der Waals surface area contributed by atoms with Crippen LogP contribution in [0.25, 0.3) is 0 Å². The third-order valence-corrected chi connectivity index (χ3v) is 6.52. The highest BCUT2D eigenvalue weighted by Crippen LogP contribution is 2.31. The van der Waals surface area contributed by atoms with Crippen molar-refractivity contribution in [2.75, 3.05) is 25.1 Å². The summed E-state index contributed by atoms with van der Waals surface area (Å²) >= 11 is 0. The van der Waals surface area contributed by atoms with E-state index < -0.39 is 22.5 Å². The number of nitrogens with zero attached hydrogens (tertiary/aromatic N) is 2. The number of carbonyl (C=O) groups is 1. The predicted octanol–water partition coefficient (Wildman–Crippen LogP) is 2.92. The van der Waals surface area contributed by atoms with Gasteiger partial charge in [-0.1, -0.05) is 12.1 Å². The molecular formula is C23H25N3O5S. The molecule has 0 radical (unpaired) electrons. The fraction of sp³-hybridized carbons (Fsp3) is 0.217. The highest BCUT2D eigenvalue weighted by molar-refractivity contribution is 7.93. The van der Waals surface area contributed by atoms with E-state index in [1.165, 1.54) is 20.3 Å². The van der Waals surface area contributed by atoms with Crippen LogP contribution < -0.4 is 19.1 Å². The summed E-state index contributed by atoms with van der Waals surface area (Å²) in [6.45, 7) is 1.55. The Kier molecular flexibility index (Phi) is 7.32. The van der Waals surface area contributed by atoms with Gasteiger partial charge in [-0.3, -0.25) is 14.1 Å². The minimum absolute atomic E-state index is 0.0201. The Bertz CT molecular complexity index is 1170. The highest BCUT2D eigenvalue weighted by atomic mass is 32.2. The van der Waals surface area contributed by atoms with Gasteiger partial charge in [-0.25, -0.2) is 8.42 Å². The van der Waals surface area contributed by atoms with Crippen LogP contribution >= 0.6 is 0 Å². The Morgan fingerprint density at radius 2 is 1.78 bits per heavy atom. The van der Waals surface area contributed by atoms with Crippen molar-refractivity contribution in [2.45, 2.75) is 18.4 Å².